The second-order valence-electron chi connectivity index (χ2n) is 18.1. The summed E-state index contributed by atoms with van der Waals surface area (Å²) in [6.07, 6.45) is 0. The van der Waals surface area contributed by atoms with Gasteiger partial charge in [-0.3, -0.25) is 0 Å². The Kier molecular flexibility index (Phi) is 10.8. The van der Waals surface area contributed by atoms with Gasteiger partial charge in [-0.25, -0.2) is 0 Å². The summed E-state index contributed by atoms with van der Waals surface area (Å²) < 4.78 is 6.75. The van der Waals surface area contributed by atoms with Crippen LogP contribution >= 0.6 is 0 Å². The van der Waals surface area contributed by atoms with E-state index in [9.17, 15) is 0 Å². The van der Waals surface area contributed by atoms with Crippen LogP contribution in [0.1, 0.15) is 0 Å². The second kappa shape index (κ2) is 18.4. The Morgan fingerprint density at radius 2 is 0.653 bits per heavy atom. The Morgan fingerprint density at radius 1 is 0.236 bits per heavy atom. The molecule has 1 aromatic heterocycles. The second-order valence-corrected chi connectivity index (χ2v) is 18.1. The van der Waals surface area contributed by atoms with Gasteiger partial charge in [0, 0.05) is 67.2 Å². The van der Waals surface area contributed by atoms with Crippen LogP contribution in [0.4, 0.5) is 51.2 Å². The van der Waals surface area contributed by atoms with Gasteiger partial charge in [0.25, 0.3) is 0 Å². The highest BCUT2D eigenvalue weighted by molar-refractivity contribution is 6.30. The van der Waals surface area contributed by atoms with E-state index in [1.54, 1.807) is 0 Å². The van der Waals surface area contributed by atoms with Crippen LogP contribution in [0.3, 0.4) is 0 Å². The number of furan rings is 1. The molecule has 72 heavy (non-hydrogen) atoms. The number of nitrogens with zero attached hydrogens (tertiary/aromatic N) is 3. The number of rotatable bonds is 11. The predicted octanol–water partition coefficient (Wildman–Crippen LogP) is 19.6. The van der Waals surface area contributed by atoms with Crippen LogP contribution in [0.15, 0.2) is 290 Å². The van der Waals surface area contributed by atoms with E-state index in [1.807, 2.05) is 0 Å². The summed E-state index contributed by atoms with van der Waals surface area (Å²) in [4.78, 5) is 7.09. The van der Waals surface area contributed by atoms with Gasteiger partial charge in [-0.05, 0) is 136 Å². The van der Waals surface area contributed by atoms with Crippen LogP contribution in [-0.2, 0) is 0 Å². The largest absolute Gasteiger partial charge is 0.455 e. The Hall–Kier alpha value is -9.64. The molecule has 13 rings (SSSR count). The predicted molar refractivity (Wildman–Crippen MR) is 304 cm³/mol. The van der Waals surface area contributed by atoms with Crippen LogP contribution in [0.5, 0.6) is 0 Å². The molecule has 0 atom stereocenters. The fraction of sp³-hybridized carbons (Fsp3) is 0. The average molecular weight is 922 g/mol. The van der Waals surface area contributed by atoms with Gasteiger partial charge in [-0.1, -0.05) is 182 Å². The summed E-state index contributed by atoms with van der Waals surface area (Å²) in [7, 11) is 0. The van der Waals surface area contributed by atoms with E-state index in [0.717, 1.165) is 100 Å². The van der Waals surface area contributed by atoms with Crippen molar-refractivity contribution in [2.24, 2.45) is 0 Å². The number of hydrogen-bond acceptors (Lipinski definition) is 4. The zero-order chi connectivity index (χ0) is 47.8. The molecule has 0 aliphatic heterocycles. The molecule has 0 amide bonds. The first-order chi connectivity index (χ1) is 35.7. The Morgan fingerprint density at radius 3 is 1.29 bits per heavy atom. The molecule has 0 saturated carbocycles. The van der Waals surface area contributed by atoms with Crippen molar-refractivity contribution in [3.05, 3.63) is 285 Å². The highest BCUT2D eigenvalue weighted by atomic mass is 16.3. The van der Waals surface area contributed by atoms with E-state index in [1.165, 1.54) is 16.5 Å². The third-order valence-corrected chi connectivity index (χ3v) is 13.8. The Bertz CT molecular complexity index is 4000. The smallest absolute Gasteiger partial charge is 0.143 e. The Labute approximate surface area is 419 Å². The zero-order valence-electron chi connectivity index (χ0n) is 39.4. The normalized spacial score (nSPS) is 11.3. The monoisotopic (exact) mass is 921 g/mol. The first-order valence-electron chi connectivity index (χ1n) is 24.5. The first kappa shape index (κ1) is 42.5. The quantitative estimate of drug-likeness (QED) is 0.121. The molecule has 0 bridgehead atoms. The van der Waals surface area contributed by atoms with Gasteiger partial charge in [-0.2, -0.15) is 0 Å². The number of hydrogen-bond donors (Lipinski definition) is 0. The fourth-order valence-electron chi connectivity index (χ4n) is 10.6. The maximum absolute atomic E-state index is 6.75. The summed E-state index contributed by atoms with van der Waals surface area (Å²) in [6, 6.07) is 102. The standard InChI is InChI=1S/C68H47N3O/c1-5-22-48(23-6-1)57-32-13-14-33-58(57)61-35-17-19-38-65(61)71(56-44-45-60-59-34-15-16-36-62(59)68-67(64(60)47-56)63-37-18-20-39-66(63)72-68)55-31-21-30-54(46-55)70(51-28-11-4-12-29-51)53-42-40-52(41-43-53)69(49-24-7-2-8-25-49)50-26-9-3-10-27-50/h1-47H. The SMILES string of the molecule is c1ccc(-c2ccccc2-c2ccccc2N(c2cccc(N(c3ccccc3)c3ccc(N(c4ccccc4)c4ccccc4)cc3)c2)c2ccc3c4ccccc4c4oc5ccccc5c4c3c2)cc1. The van der Waals surface area contributed by atoms with Gasteiger partial charge in [0.15, 0.2) is 0 Å². The van der Waals surface area contributed by atoms with E-state index < -0.39 is 0 Å². The third-order valence-electron chi connectivity index (χ3n) is 13.8. The maximum atomic E-state index is 6.75. The van der Waals surface area contributed by atoms with Crippen molar-refractivity contribution in [2.45, 2.75) is 0 Å². The van der Waals surface area contributed by atoms with Crippen molar-refractivity contribution in [1.82, 2.24) is 0 Å². The van der Waals surface area contributed by atoms with Crippen LogP contribution in [0.2, 0.25) is 0 Å². The van der Waals surface area contributed by atoms with Gasteiger partial charge in [0.05, 0.1) is 5.69 Å². The molecule has 4 heteroatoms. The molecule has 13 aromatic rings. The van der Waals surface area contributed by atoms with E-state index >= 15 is 0 Å². The van der Waals surface area contributed by atoms with E-state index in [0.29, 0.717) is 0 Å². The lowest BCUT2D eigenvalue weighted by atomic mass is 9.92. The Balaban J connectivity index is 1.02. The maximum Gasteiger partial charge on any atom is 0.143 e. The highest BCUT2D eigenvalue weighted by Crippen LogP contribution is 2.48. The van der Waals surface area contributed by atoms with Crippen molar-refractivity contribution in [3.63, 3.8) is 0 Å². The van der Waals surface area contributed by atoms with Crippen LogP contribution in [-0.4, -0.2) is 0 Å². The third kappa shape index (κ3) is 7.59. The fourth-order valence-corrected chi connectivity index (χ4v) is 10.6. The molecular weight excluding hydrogens is 875 g/mol. The lowest BCUT2D eigenvalue weighted by Gasteiger charge is -2.31. The van der Waals surface area contributed by atoms with E-state index in [-0.39, 0.29) is 0 Å². The van der Waals surface area contributed by atoms with Gasteiger partial charge in [0.1, 0.15) is 11.2 Å². The van der Waals surface area contributed by atoms with Crippen molar-refractivity contribution >= 4 is 94.7 Å². The number of fused-ring (bicyclic) bond motifs is 8. The van der Waals surface area contributed by atoms with Crippen molar-refractivity contribution in [3.8, 4) is 22.3 Å². The van der Waals surface area contributed by atoms with E-state index in [2.05, 4.69) is 300 Å². The molecule has 0 aliphatic carbocycles. The molecule has 340 valence electrons. The van der Waals surface area contributed by atoms with Crippen molar-refractivity contribution in [2.75, 3.05) is 14.7 Å². The summed E-state index contributed by atoms with van der Waals surface area (Å²) in [5.74, 6) is 0. The highest BCUT2D eigenvalue weighted by Gasteiger charge is 2.24. The molecule has 0 radical (unpaired) electrons. The lowest BCUT2D eigenvalue weighted by molar-refractivity contribution is 0.673. The summed E-state index contributed by atoms with van der Waals surface area (Å²) in [5, 5.41) is 6.82. The van der Waals surface area contributed by atoms with Crippen molar-refractivity contribution in [1.29, 1.82) is 0 Å². The molecule has 0 aliphatic rings. The van der Waals surface area contributed by atoms with Crippen LogP contribution < -0.4 is 14.7 Å². The summed E-state index contributed by atoms with van der Waals surface area (Å²) >= 11 is 0. The minimum absolute atomic E-state index is 0.879. The minimum Gasteiger partial charge on any atom is -0.455 e. The van der Waals surface area contributed by atoms with Gasteiger partial charge in [-0.15, -0.1) is 0 Å². The average Bonchev–Trinajstić information content (AvgIpc) is 3.86. The molecule has 0 N–H and O–H groups in total. The van der Waals surface area contributed by atoms with E-state index in [4.69, 9.17) is 4.42 Å². The van der Waals surface area contributed by atoms with Gasteiger partial charge in [0.2, 0.25) is 0 Å². The summed E-state index contributed by atoms with van der Waals surface area (Å²) in [6.45, 7) is 0. The number of anilines is 9. The summed E-state index contributed by atoms with van der Waals surface area (Å²) in [5.41, 5.74) is 15.9. The minimum atomic E-state index is 0.879. The molecular formula is C68H47N3O. The topological polar surface area (TPSA) is 22.9 Å². The molecule has 12 aromatic carbocycles. The van der Waals surface area contributed by atoms with Crippen LogP contribution in [0.25, 0.3) is 65.7 Å². The van der Waals surface area contributed by atoms with Gasteiger partial charge >= 0.3 is 0 Å². The molecule has 4 nitrogen and oxygen atoms in total. The zero-order valence-corrected chi connectivity index (χ0v) is 39.4. The molecule has 0 fully saturated rings. The molecule has 1 heterocycles. The first-order valence-corrected chi connectivity index (χ1v) is 24.5. The van der Waals surface area contributed by atoms with Gasteiger partial charge < -0.3 is 19.1 Å². The number of benzene rings is 12. The van der Waals surface area contributed by atoms with Crippen molar-refractivity contribution < 1.29 is 4.42 Å². The number of para-hydroxylation sites is 5. The lowest BCUT2D eigenvalue weighted by Crippen LogP contribution is -2.14. The van der Waals surface area contributed by atoms with Crippen LogP contribution in [0, 0.1) is 0 Å². The molecule has 0 spiro atoms. The molecule has 0 unspecified atom stereocenters. The molecule has 0 saturated heterocycles.